The number of methoxy groups -OCH3 is 1. The van der Waals surface area contributed by atoms with Gasteiger partial charge in [0.15, 0.2) is 5.75 Å². The zero-order valence-electron chi connectivity index (χ0n) is 15.1. The predicted octanol–water partition coefficient (Wildman–Crippen LogP) is 4.58. The van der Waals surface area contributed by atoms with Crippen molar-refractivity contribution in [3.63, 3.8) is 0 Å². The van der Waals surface area contributed by atoms with Crippen LogP contribution in [0.15, 0.2) is 50.7 Å². The second kappa shape index (κ2) is 8.42. The first-order valence-corrected chi connectivity index (χ1v) is 8.18. The molecule has 0 aliphatic rings. The molecule has 0 saturated carbocycles. The van der Waals surface area contributed by atoms with Crippen molar-refractivity contribution < 1.29 is 19.0 Å². The lowest BCUT2D eigenvalue weighted by Gasteiger charge is -2.08. The number of ether oxygens (including phenoxy) is 2. The van der Waals surface area contributed by atoms with E-state index in [2.05, 4.69) is 26.8 Å². The van der Waals surface area contributed by atoms with Gasteiger partial charge >= 0.3 is 5.63 Å². The van der Waals surface area contributed by atoms with Crippen LogP contribution in [0, 0.1) is 0 Å². The van der Waals surface area contributed by atoms with E-state index in [-0.39, 0.29) is 17.1 Å². The van der Waals surface area contributed by atoms with Gasteiger partial charge in [-0.1, -0.05) is 17.2 Å². The molecule has 1 N–H and O–H groups in total. The molecule has 2 rings (SSSR count). The smallest absolute Gasteiger partial charge is 0.383 e. The molecule has 134 valence electrons. The minimum absolute atomic E-state index is 0.198. The first kappa shape index (κ1) is 18.6. The Hall–Kier alpha value is -2.69. The molecule has 5 nitrogen and oxygen atoms in total. The van der Waals surface area contributed by atoms with Crippen LogP contribution in [0.4, 0.5) is 0 Å². The van der Waals surface area contributed by atoms with Crippen molar-refractivity contribution in [2.45, 2.75) is 33.6 Å². The van der Waals surface area contributed by atoms with E-state index in [0.717, 1.165) is 12.8 Å². The molecule has 5 heteroatoms. The van der Waals surface area contributed by atoms with Crippen LogP contribution in [0.3, 0.4) is 0 Å². The maximum atomic E-state index is 11.7. The molecule has 0 unspecified atom stereocenters. The fraction of sp³-hybridized carbons (Fsp3) is 0.350. The number of hydrogen-bond donors (Lipinski definition) is 1. The summed E-state index contributed by atoms with van der Waals surface area (Å²) in [4.78, 5) is 11.7. The Balaban J connectivity index is 2.07. The number of rotatable bonds is 7. The fourth-order valence-electron chi connectivity index (χ4n) is 2.39. The quantitative estimate of drug-likeness (QED) is 0.588. The van der Waals surface area contributed by atoms with Gasteiger partial charge in [-0.15, -0.1) is 0 Å². The van der Waals surface area contributed by atoms with Gasteiger partial charge in [-0.05, 0) is 51.8 Å². The van der Waals surface area contributed by atoms with Crippen LogP contribution in [0.2, 0.25) is 0 Å². The molecular formula is C20H24O5. The highest BCUT2D eigenvalue weighted by Gasteiger charge is 2.14. The Labute approximate surface area is 147 Å². The van der Waals surface area contributed by atoms with E-state index < -0.39 is 5.63 Å². The van der Waals surface area contributed by atoms with E-state index in [0.29, 0.717) is 17.7 Å². The molecule has 0 radical (unpaired) electrons. The average Bonchev–Trinajstić information content (AvgIpc) is 2.54. The number of benzene rings is 1. The predicted molar refractivity (Wildman–Crippen MR) is 98.6 cm³/mol. The standard InChI is InChI=1S/C20H24O5/c1-13(2)6-5-7-14(3)10-11-24-15-8-9-16-17(12-15)25-20(22)19(23-4)18(16)21/h6,8-10,12,21H,5,7,11H2,1-4H3/b14-10+. The third kappa shape index (κ3) is 4.89. The summed E-state index contributed by atoms with van der Waals surface area (Å²) in [5, 5.41) is 10.5. The summed E-state index contributed by atoms with van der Waals surface area (Å²) in [5.74, 6) is 0.139. The number of allylic oxidation sites excluding steroid dienone is 3. The summed E-state index contributed by atoms with van der Waals surface area (Å²) in [6.07, 6.45) is 6.26. The van der Waals surface area contributed by atoms with Crippen LogP contribution >= 0.6 is 0 Å². The normalized spacial score (nSPS) is 11.4. The molecule has 1 aromatic heterocycles. The highest BCUT2D eigenvalue weighted by Crippen LogP contribution is 2.32. The highest BCUT2D eigenvalue weighted by molar-refractivity contribution is 5.86. The topological polar surface area (TPSA) is 68.9 Å². The average molecular weight is 344 g/mol. The molecule has 0 bridgehead atoms. The zero-order chi connectivity index (χ0) is 18.4. The van der Waals surface area contributed by atoms with Gasteiger partial charge in [-0.2, -0.15) is 0 Å². The molecule has 0 aliphatic carbocycles. The van der Waals surface area contributed by atoms with Crippen molar-refractivity contribution in [2.75, 3.05) is 13.7 Å². The number of hydrogen-bond acceptors (Lipinski definition) is 5. The maximum Gasteiger partial charge on any atom is 0.383 e. The van der Waals surface area contributed by atoms with Crippen LogP contribution in [0.1, 0.15) is 33.6 Å². The molecule has 0 atom stereocenters. The van der Waals surface area contributed by atoms with Crippen molar-refractivity contribution in [1.82, 2.24) is 0 Å². The van der Waals surface area contributed by atoms with Crippen molar-refractivity contribution >= 4 is 11.0 Å². The second-order valence-corrected chi connectivity index (χ2v) is 6.11. The molecule has 0 saturated heterocycles. The van der Waals surface area contributed by atoms with Gasteiger partial charge in [0.1, 0.15) is 17.9 Å². The second-order valence-electron chi connectivity index (χ2n) is 6.11. The van der Waals surface area contributed by atoms with Crippen molar-refractivity contribution in [1.29, 1.82) is 0 Å². The minimum atomic E-state index is -0.723. The van der Waals surface area contributed by atoms with E-state index in [1.165, 1.54) is 18.3 Å². The lowest BCUT2D eigenvalue weighted by Crippen LogP contribution is -2.04. The van der Waals surface area contributed by atoms with Gasteiger partial charge in [-0.25, -0.2) is 4.79 Å². The molecule has 25 heavy (non-hydrogen) atoms. The Morgan fingerprint density at radius 1 is 1.24 bits per heavy atom. The first-order chi connectivity index (χ1) is 11.9. The summed E-state index contributed by atoms with van der Waals surface area (Å²) >= 11 is 0. The van der Waals surface area contributed by atoms with Gasteiger partial charge in [0.2, 0.25) is 5.75 Å². The van der Waals surface area contributed by atoms with E-state index in [1.54, 1.807) is 18.2 Å². The first-order valence-electron chi connectivity index (χ1n) is 8.18. The van der Waals surface area contributed by atoms with Gasteiger partial charge in [0.05, 0.1) is 12.5 Å². The van der Waals surface area contributed by atoms with Crippen molar-refractivity contribution in [3.05, 3.63) is 51.9 Å². The Morgan fingerprint density at radius 2 is 2.00 bits per heavy atom. The highest BCUT2D eigenvalue weighted by atomic mass is 16.5. The molecule has 1 heterocycles. The SMILES string of the molecule is COc1c(O)c2ccc(OC/C=C(\C)CCC=C(C)C)cc2oc1=O. The lowest BCUT2D eigenvalue weighted by molar-refractivity contribution is 0.349. The van der Waals surface area contributed by atoms with E-state index >= 15 is 0 Å². The largest absolute Gasteiger partial charge is 0.504 e. The zero-order valence-corrected chi connectivity index (χ0v) is 15.1. The maximum absolute atomic E-state index is 11.7. The Kier molecular flexibility index (Phi) is 6.28. The molecule has 0 spiro atoms. The Morgan fingerprint density at radius 3 is 2.68 bits per heavy atom. The van der Waals surface area contributed by atoms with Gasteiger partial charge in [0, 0.05) is 6.07 Å². The third-order valence-corrected chi connectivity index (χ3v) is 3.79. The molecule has 1 aromatic carbocycles. The Bertz CT molecular complexity index is 854. The van der Waals surface area contributed by atoms with Gasteiger partial charge < -0.3 is 19.0 Å². The summed E-state index contributed by atoms with van der Waals surface area (Å²) in [6.45, 7) is 6.69. The summed E-state index contributed by atoms with van der Waals surface area (Å²) in [6, 6.07) is 4.94. The van der Waals surface area contributed by atoms with E-state index in [1.807, 2.05) is 6.08 Å². The third-order valence-electron chi connectivity index (χ3n) is 3.79. The van der Waals surface area contributed by atoms with Crippen LogP contribution < -0.4 is 15.1 Å². The molecule has 0 amide bonds. The summed E-state index contributed by atoms with van der Waals surface area (Å²) < 4.78 is 15.7. The number of aromatic hydroxyl groups is 1. The van der Waals surface area contributed by atoms with Crippen LogP contribution in [0.5, 0.6) is 17.2 Å². The van der Waals surface area contributed by atoms with Crippen LogP contribution in [-0.4, -0.2) is 18.8 Å². The molecule has 0 fully saturated rings. The molecule has 2 aromatic rings. The fourth-order valence-corrected chi connectivity index (χ4v) is 2.39. The monoisotopic (exact) mass is 344 g/mol. The van der Waals surface area contributed by atoms with Crippen molar-refractivity contribution in [3.8, 4) is 17.2 Å². The molecular weight excluding hydrogens is 320 g/mol. The van der Waals surface area contributed by atoms with Crippen molar-refractivity contribution in [2.24, 2.45) is 0 Å². The number of fused-ring (bicyclic) bond motifs is 1. The summed E-state index contributed by atoms with van der Waals surface area (Å²) in [5.41, 5.74) is 2.11. The van der Waals surface area contributed by atoms with Crippen LogP contribution in [0.25, 0.3) is 11.0 Å². The molecule has 0 aliphatic heterocycles. The van der Waals surface area contributed by atoms with Gasteiger partial charge in [-0.3, -0.25) is 0 Å². The minimum Gasteiger partial charge on any atom is -0.504 e. The lowest BCUT2D eigenvalue weighted by atomic mass is 10.1. The summed E-state index contributed by atoms with van der Waals surface area (Å²) in [7, 11) is 1.31. The van der Waals surface area contributed by atoms with Crippen LogP contribution in [-0.2, 0) is 0 Å². The van der Waals surface area contributed by atoms with E-state index in [4.69, 9.17) is 13.9 Å². The van der Waals surface area contributed by atoms with E-state index in [9.17, 15) is 9.90 Å². The van der Waals surface area contributed by atoms with Gasteiger partial charge in [0.25, 0.3) is 0 Å².